The average Bonchev–Trinajstić information content (AvgIpc) is 3.78. The Hall–Kier alpha value is -7.11. The van der Waals surface area contributed by atoms with Crippen molar-refractivity contribution in [1.82, 2.24) is 15.0 Å². The molecule has 0 aliphatic carbocycles. The zero-order valence-corrected chi connectivity index (χ0v) is 27.7. The van der Waals surface area contributed by atoms with Crippen molar-refractivity contribution >= 4 is 65.4 Å². The second-order valence-corrected chi connectivity index (χ2v) is 13.2. The number of aromatic nitrogens is 3. The Morgan fingerprint density at radius 3 is 1.67 bits per heavy atom. The van der Waals surface area contributed by atoms with Gasteiger partial charge in [0.2, 0.25) is 0 Å². The van der Waals surface area contributed by atoms with Crippen LogP contribution in [0.2, 0.25) is 0 Å². The first-order valence-electron chi connectivity index (χ1n) is 17.3. The maximum absolute atomic E-state index is 6.47. The Morgan fingerprint density at radius 1 is 0.308 bits per heavy atom. The molecule has 3 heterocycles. The second-order valence-electron chi connectivity index (χ2n) is 13.2. The van der Waals surface area contributed by atoms with E-state index in [1.807, 2.05) is 36.4 Å². The van der Waals surface area contributed by atoms with Crippen LogP contribution in [-0.4, -0.2) is 15.0 Å². The zero-order chi connectivity index (χ0) is 34.2. The van der Waals surface area contributed by atoms with Gasteiger partial charge in [0.25, 0.3) is 0 Å². The molecule has 0 fully saturated rings. The Kier molecular flexibility index (Phi) is 6.18. The summed E-state index contributed by atoms with van der Waals surface area (Å²) < 4.78 is 12.7. The highest BCUT2D eigenvalue weighted by molar-refractivity contribution is 6.12. The Morgan fingerprint density at radius 2 is 0.865 bits per heavy atom. The van der Waals surface area contributed by atoms with Crippen molar-refractivity contribution < 1.29 is 8.83 Å². The van der Waals surface area contributed by atoms with E-state index < -0.39 is 0 Å². The topological polar surface area (TPSA) is 65.0 Å². The number of hydrogen-bond donors (Lipinski definition) is 0. The molecule has 0 saturated carbocycles. The van der Waals surface area contributed by atoms with E-state index in [9.17, 15) is 0 Å². The minimum absolute atomic E-state index is 0.567. The largest absolute Gasteiger partial charge is 0.456 e. The highest BCUT2D eigenvalue weighted by Crippen LogP contribution is 2.38. The maximum Gasteiger partial charge on any atom is 0.164 e. The SMILES string of the molecule is c1ccc2cc(-c3ccc4oc5cc(-c6nc(-c7ccc8ccccc8c7)nc(-c7cccc8oc9ccccc9c78)n6)ccc5c4c3)ccc2c1. The molecule has 0 radical (unpaired) electrons. The van der Waals surface area contributed by atoms with Crippen LogP contribution < -0.4 is 0 Å². The summed E-state index contributed by atoms with van der Waals surface area (Å²) in [6.07, 6.45) is 0. The standard InChI is InChI=1S/C47H27N3O2/c1-3-10-30-24-32(18-16-28(30)8-1)33-21-23-41-39(26-33)36-22-20-35(27-43(36)52-41)46-48-45(34-19-17-29-9-2-4-11-31(29)25-34)49-47(50-46)38-13-7-15-42-44(38)37-12-5-6-14-40(37)51-42/h1-27H. The van der Waals surface area contributed by atoms with Crippen molar-refractivity contribution in [2.24, 2.45) is 0 Å². The third-order valence-corrected chi connectivity index (χ3v) is 10.1. The van der Waals surface area contributed by atoms with E-state index in [4.69, 9.17) is 23.8 Å². The van der Waals surface area contributed by atoms with Gasteiger partial charge in [-0.3, -0.25) is 0 Å². The van der Waals surface area contributed by atoms with Crippen LogP contribution in [0.15, 0.2) is 173 Å². The summed E-state index contributed by atoms with van der Waals surface area (Å²) in [7, 11) is 0. The maximum atomic E-state index is 6.47. The van der Waals surface area contributed by atoms with Crippen LogP contribution in [0.5, 0.6) is 0 Å². The van der Waals surface area contributed by atoms with Crippen molar-refractivity contribution in [3.63, 3.8) is 0 Å². The van der Waals surface area contributed by atoms with Gasteiger partial charge in [0.05, 0.1) is 0 Å². The summed E-state index contributed by atoms with van der Waals surface area (Å²) >= 11 is 0. The van der Waals surface area contributed by atoms with Gasteiger partial charge in [-0.05, 0) is 81.2 Å². The number of hydrogen-bond acceptors (Lipinski definition) is 5. The van der Waals surface area contributed by atoms with E-state index in [0.29, 0.717) is 17.5 Å². The fraction of sp³-hybridized carbons (Fsp3) is 0. The Bertz CT molecular complexity index is 3210. The summed E-state index contributed by atoms with van der Waals surface area (Å²) in [6.45, 7) is 0. The minimum atomic E-state index is 0.567. The van der Waals surface area contributed by atoms with Crippen LogP contribution in [0.1, 0.15) is 0 Å². The second kappa shape index (κ2) is 11.2. The lowest BCUT2D eigenvalue weighted by Gasteiger charge is -2.10. The zero-order valence-electron chi connectivity index (χ0n) is 27.7. The van der Waals surface area contributed by atoms with Crippen molar-refractivity contribution in [2.75, 3.05) is 0 Å². The summed E-state index contributed by atoms with van der Waals surface area (Å²) in [5.74, 6) is 1.74. The quantitative estimate of drug-likeness (QED) is 0.187. The van der Waals surface area contributed by atoms with E-state index in [-0.39, 0.29) is 0 Å². The Balaban J connectivity index is 1.08. The lowest BCUT2D eigenvalue weighted by atomic mass is 9.99. The van der Waals surface area contributed by atoms with Gasteiger partial charge < -0.3 is 8.83 Å². The molecule has 242 valence electrons. The smallest absolute Gasteiger partial charge is 0.164 e. The molecule has 8 aromatic carbocycles. The molecule has 0 amide bonds. The molecule has 0 aliphatic rings. The first-order chi connectivity index (χ1) is 25.7. The molecule has 5 nitrogen and oxygen atoms in total. The van der Waals surface area contributed by atoms with Crippen LogP contribution in [-0.2, 0) is 0 Å². The third-order valence-electron chi connectivity index (χ3n) is 10.1. The van der Waals surface area contributed by atoms with E-state index in [1.54, 1.807) is 0 Å². The van der Waals surface area contributed by atoms with Gasteiger partial charge in [-0.25, -0.2) is 15.0 Å². The molecule has 0 atom stereocenters. The van der Waals surface area contributed by atoms with Crippen LogP contribution in [0.4, 0.5) is 0 Å². The third kappa shape index (κ3) is 4.60. The first kappa shape index (κ1) is 28.7. The summed E-state index contributed by atoms with van der Waals surface area (Å²) in [4.78, 5) is 15.3. The fourth-order valence-electron chi connectivity index (χ4n) is 7.51. The highest BCUT2D eigenvalue weighted by atomic mass is 16.3. The lowest BCUT2D eigenvalue weighted by Crippen LogP contribution is -2.00. The normalized spacial score (nSPS) is 11.8. The van der Waals surface area contributed by atoms with E-state index >= 15 is 0 Å². The van der Waals surface area contributed by atoms with Gasteiger partial charge in [0, 0.05) is 38.2 Å². The number of fused-ring (bicyclic) bond motifs is 8. The molecule has 5 heteroatoms. The lowest BCUT2D eigenvalue weighted by molar-refractivity contribution is 0.668. The van der Waals surface area contributed by atoms with E-state index in [0.717, 1.165) is 76.9 Å². The summed E-state index contributed by atoms with van der Waals surface area (Å²) in [5.41, 5.74) is 8.20. The number of rotatable bonds is 4. The number of benzene rings is 8. The molecule has 0 bridgehead atoms. The molecule has 3 aromatic heterocycles. The minimum Gasteiger partial charge on any atom is -0.456 e. The first-order valence-corrected chi connectivity index (χ1v) is 17.3. The van der Waals surface area contributed by atoms with Crippen LogP contribution >= 0.6 is 0 Å². The number of nitrogens with zero attached hydrogens (tertiary/aromatic N) is 3. The van der Waals surface area contributed by atoms with E-state index in [1.165, 1.54) is 16.3 Å². The molecule has 11 rings (SSSR count). The summed E-state index contributed by atoms with van der Waals surface area (Å²) in [5, 5.41) is 8.85. The molecule has 0 spiro atoms. The highest BCUT2D eigenvalue weighted by Gasteiger charge is 2.19. The molecule has 11 aromatic rings. The number of para-hydroxylation sites is 1. The van der Waals surface area contributed by atoms with Crippen molar-refractivity contribution in [1.29, 1.82) is 0 Å². The predicted octanol–water partition coefficient (Wildman–Crippen LogP) is 12.6. The molecular formula is C47H27N3O2. The summed E-state index contributed by atoms with van der Waals surface area (Å²) in [6, 6.07) is 56.5. The Labute approximate surface area is 297 Å². The van der Waals surface area contributed by atoms with Gasteiger partial charge in [0.1, 0.15) is 22.3 Å². The van der Waals surface area contributed by atoms with Gasteiger partial charge in [-0.1, -0.05) is 115 Å². The monoisotopic (exact) mass is 665 g/mol. The van der Waals surface area contributed by atoms with Crippen molar-refractivity contribution in [3.8, 4) is 45.3 Å². The van der Waals surface area contributed by atoms with E-state index in [2.05, 4.69) is 127 Å². The van der Waals surface area contributed by atoms with Gasteiger partial charge in [-0.2, -0.15) is 0 Å². The van der Waals surface area contributed by atoms with Crippen LogP contribution in [0.3, 0.4) is 0 Å². The van der Waals surface area contributed by atoms with Gasteiger partial charge in [0.15, 0.2) is 17.5 Å². The molecule has 52 heavy (non-hydrogen) atoms. The fourth-order valence-corrected chi connectivity index (χ4v) is 7.51. The number of furan rings is 2. The van der Waals surface area contributed by atoms with Gasteiger partial charge in [-0.15, -0.1) is 0 Å². The average molecular weight is 666 g/mol. The van der Waals surface area contributed by atoms with Crippen molar-refractivity contribution in [3.05, 3.63) is 164 Å². The van der Waals surface area contributed by atoms with Crippen LogP contribution in [0.25, 0.3) is 111 Å². The molecular weight excluding hydrogens is 639 g/mol. The van der Waals surface area contributed by atoms with Crippen LogP contribution in [0, 0.1) is 0 Å². The molecule has 0 aliphatic heterocycles. The molecule has 0 saturated heterocycles. The molecule has 0 unspecified atom stereocenters. The van der Waals surface area contributed by atoms with Crippen molar-refractivity contribution in [2.45, 2.75) is 0 Å². The predicted molar refractivity (Wildman–Crippen MR) is 211 cm³/mol. The van der Waals surface area contributed by atoms with Gasteiger partial charge >= 0.3 is 0 Å². The molecule has 0 N–H and O–H groups in total.